The molecule has 0 bridgehead atoms. The molecule has 0 aliphatic carbocycles. The van der Waals surface area contributed by atoms with Crippen LogP contribution in [0, 0.1) is 18.2 Å². The van der Waals surface area contributed by atoms with Gasteiger partial charge in [0, 0.05) is 5.41 Å². The van der Waals surface area contributed by atoms with Gasteiger partial charge in [-0.3, -0.25) is 0 Å². The molecule has 1 heterocycles. The van der Waals surface area contributed by atoms with Crippen molar-refractivity contribution < 1.29 is 13.9 Å². The Kier molecular flexibility index (Phi) is 2.81. The summed E-state index contributed by atoms with van der Waals surface area (Å²) >= 11 is 0. The minimum absolute atomic E-state index is 0.223. The maximum absolute atomic E-state index is 13.3. The number of halogens is 1. The molecule has 17 heavy (non-hydrogen) atoms. The Morgan fingerprint density at radius 2 is 2.18 bits per heavy atom. The first-order valence-corrected chi connectivity index (χ1v) is 5.59. The first kappa shape index (κ1) is 11.9. The van der Waals surface area contributed by atoms with Crippen LogP contribution in [0.1, 0.15) is 31.0 Å². The van der Waals surface area contributed by atoms with Crippen LogP contribution >= 0.6 is 0 Å². The molecule has 1 aliphatic heterocycles. The van der Waals surface area contributed by atoms with Crippen molar-refractivity contribution in [2.45, 2.75) is 26.8 Å². The van der Waals surface area contributed by atoms with Gasteiger partial charge in [-0.15, -0.1) is 0 Å². The van der Waals surface area contributed by atoms with Gasteiger partial charge in [0.15, 0.2) is 0 Å². The van der Waals surface area contributed by atoms with Gasteiger partial charge in [0.1, 0.15) is 12.4 Å². The third-order valence-corrected chi connectivity index (χ3v) is 3.17. The summed E-state index contributed by atoms with van der Waals surface area (Å²) < 4.78 is 18.3. The maximum Gasteiger partial charge on any atom is 0.407 e. The smallest absolute Gasteiger partial charge is 0.407 e. The molecule has 1 atom stereocenters. The number of hydrogen-bond acceptors (Lipinski definition) is 2. The number of nitrogens with one attached hydrogen (secondary N) is 1. The van der Waals surface area contributed by atoms with E-state index in [1.165, 1.54) is 12.1 Å². The van der Waals surface area contributed by atoms with Crippen LogP contribution in [-0.4, -0.2) is 12.7 Å². The summed E-state index contributed by atoms with van der Waals surface area (Å²) in [5, 5.41) is 2.76. The van der Waals surface area contributed by atoms with Gasteiger partial charge in [-0.05, 0) is 30.2 Å². The predicted octanol–water partition coefficient (Wildman–Crippen LogP) is 2.94. The van der Waals surface area contributed by atoms with Gasteiger partial charge in [-0.1, -0.05) is 19.9 Å². The van der Waals surface area contributed by atoms with Crippen molar-refractivity contribution >= 4 is 6.09 Å². The van der Waals surface area contributed by atoms with E-state index in [4.69, 9.17) is 4.74 Å². The first-order chi connectivity index (χ1) is 7.90. The van der Waals surface area contributed by atoms with Gasteiger partial charge in [0.25, 0.3) is 0 Å². The molecule has 1 aromatic carbocycles. The molecule has 0 aromatic heterocycles. The third-order valence-electron chi connectivity index (χ3n) is 3.17. The van der Waals surface area contributed by atoms with Crippen LogP contribution in [0.5, 0.6) is 0 Å². The normalized spacial score (nSPS) is 22.8. The molecule has 1 saturated heterocycles. The van der Waals surface area contributed by atoms with E-state index < -0.39 is 6.09 Å². The fourth-order valence-electron chi connectivity index (χ4n) is 2.11. The van der Waals surface area contributed by atoms with Crippen molar-refractivity contribution in [1.29, 1.82) is 0 Å². The second-order valence-electron chi connectivity index (χ2n) is 5.14. The van der Waals surface area contributed by atoms with Crippen LogP contribution in [-0.2, 0) is 4.74 Å². The highest BCUT2D eigenvalue weighted by Gasteiger charge is 2.38. The standard InChI is InChI=1S/C13H16FNO2/c1-8-4-5-9(14)6-10(8)11-13(2,3)7-17-12(16)15-11/h4-6,11H,7H2,1-3H3,(H,15,16)/t11-/m1/s1. The lowest BCUT2D eigenvalue weighted by Gasteiger charge is -2.39. The van der Waals surface area contributed by atoms with Crippen molar-refractivity contribution in [3.8, 4) is 0 Å². The average molecular weight is 237 g/mol. The summed E-state index contributed by atoms with van der Waals surface area (Å²) in [5.41, 5.74) is 1.52. The zero-order valence-electron chi connectivity index (χ0n) is 10.2. The quantitative estimate of drug-likeness (QED) is 0.815. The van der Waals surface area contributed by atoms with E-state index in [1.807, 2.05) is 20.8 Å². The highest BCUT2D eigenvalue weighted by molar-refractivity contribution is 5.69. The molecule has 1 amide bonds. The number of carbonyl (C=O) groups excluding carboxylic acids is 1. The number of rotatable bonds is 1. The second-order valence-corrected chi connectivity index (χ2v) is 5.14. The Bertz CT molecular complexity index is 457. The Morgan fingerprint density at radius 1 is 1.47 bits per heavy atom. The summed E-state index contributed by atoms with van der Waals surface area (Å²) in [6, 6.07) is 4.40. The Morgan fingerprint density at radius 3 is 2.88 bits per heavy atom. The fourth-order valence-corrected chi connectivity index (χ4v) is 2.11. The van der Waals surface area contributed by atoms with Gasteiger partial charge >= 0.3 is 6.09 Å². The number of amides is 1. The third kappa shape index (κ3) is 2.25. The predicted molar refractivity (Wildman–Crippen MR) is 62.1 cm³/mol. The van der Waals surface area contributed by atoms with Crippen molar-refractivity contribution in [3.63, 3.8) is 0 Å². The molecule has 0 spiro atoms. The number of cyclic esters (lactones) is 1. The van der Waals surface area contributed by atoms with Crippen molar-refractivity contribution in [1.82, 2.24) is 5.32 Å². The van der Waals surface area contributed by atoms with Crippen molar-refractivity contribution in [2.24, 2.45) is 5.41 Å². The topological polar surface area (TPSA) is 38.3 Å². The zero-order chi connectivity index (χ0) is 12.6. The van der Waals surface area contributed by atoms with Crippen LogP contribution in [0.25, 0.3) is 0 Å². The molecule has 2 rings (SSSR count). The molecule has 1 aliphatic rings. The summed E-state index contributed by atoms with van der Waals surface area (Å²) in [6.45, 7) is 6.22. The molecule has 92 valence electrons. The first-order valence-electron chi connectivity index (χ1n) is 5.59. The van der Waals surface area contributed by atoms with Crippen LogP contribution in [0.4, 0.5) is 9.18 Å². The lowest BCUT2D eigenvalue weighted by atomic mass is 9.79. The number of hydrogen-bond donors (Lipinski definition) is 1. The molecular weight excluding hydrogens is 221 g/mol. The lowest BCUT2D eigenvalue weighted by Crippen LogP contribution is -2.47. The molecule has 1 aromatic rings. The molecular formula is C13H16FNO2. The highest BCUT2D eigenvalue weighted by Crippen LogP contribution is 2.37. The summed E-state index contributed by atoms with van der Waals surface area (Å²) in [6.07, 6.45) is -0.446. The minimum atomic E-state index is -0.446. The van der Waals surface area contributed by atoms with Crippen LogP contribution in [0.2, 0.25) is 0 Å². The maximum atomic E-state index is 13.3. The number of carbonyl (C=O) groups is 1. The van der Waals surface area contributed by atoms with E-state index in [2.05, 4.69) is 5.32 Å². The highest BCUT2D eigenvalue weighted by atomic mass is 19.1. The Labute approximate surface area is 100.0 Å². The number of benzene rings is 1. The summed E-state index contributed by atoms with van der Waals surface area (Å²) in [4.78, 5) is 11.3. The Hall–Kier alpha value is -1.58. The monoisotopic (exact) mass is 237 g/mol. The van der Waals surface area contributed by atoms with Crippen molar-refractivity contribution in [2.75, 3.05) is 6.61 Å². The van der Waals surface area contributed by atoms with E-state index in [1.54, 1.807) is 6.07 Å². The molecule has 4 heteroatoms. The molecule has 3 nitrogen and oxygen atoms in total. The van der Waals surface area contributed by atoms with Gasteiger partial charge in [-0.25, -0.2) is 9.18 Å². The average Bonchev–Trinajstić information content (AvgIpc) is 2.26. The van der Waals surface area contributed by atoms with E-state index in [-0.39, 0.29) is 17.3 Å². The second kappa shape index (κ2) is 4.02. The van der Waals surface area contributed by atoms with E-state index >= 15 is 0 Å². The SMILES string of the molecule is Cc1ccc(F)cc1[C@H]1NC(=O)OCC1(C)C. The fraction of sp³-hybridized carbons (Fsp3) is 0.462. The van der Waals surface area contributed by atoms with Crippen LogP contribution in [0.3, 0.4) is 0 Å². The van der Waals surface area contributed by atoms with E-state index in [0.29, 0.717) is 6.61 Å². The van der Waals surface area contributed by atoms with Gasteiger partial charge in [0.2, 0.25) is 0 Å². The number of alkyl carbamates (subject to hydrolysis) is 1. The molecule has 0 radical (unpaired) electrons. The van der Waals surface area contributed by atoms with Crippen LogP contribution < -0.4 is 5.32 Å². The molecule has 1 fully saturated rings. The lowest BCUT2D eigenvalue weighted by molar-refractivity contribution is 0.0385. The van der Waals surface area contributed by atoms with Gasteiger partial charge < -0.3 is 10.1 Å². The van der Waals surface area contributed by atoms with Gasteiger partial charge in [0.05, 0.1) is 6.04 Å². The molecule has 0 unspecified atom stereocenters. The largest absolute Gasteiger partial charge is 0.449 e. The zero-order valence-corrected chi connectivity index (χ0v) is 10.2. The molecule has 0 saturated carbocycles. The Balaban J connectivity index is 2.42. The van der Waals surface area contributed by atoms with Gasteiger partial charge in [-0.2, -0.15) is 0 Å². The summed E-state index contributed by atoms with van der Waals surface area (Å²) in [7, 11) is 0. The van der Waals surface area contributed by atoms with E-state index in [0.717, 1.165) is 11.1 Å². The van der Waals surface area contributed by atoms with Crippen molar-refractivity contribution in [3.05, 3.63) is 35.1 Å². The summed E-state index contributed by atoms with van der Waals surface area (Å²) in [5.74, 6) is -0.290. The van der Waals surface area contributed by atoms with Crippen LogP contribution in [0.15, 0.2) is 18.2 Å². The number of aryl methyl sites for hydroxylation is 1. The van der Waals surface area contributed by atoms with E-state index in [9.17, 15) is 9.18 Å². The molecule has 1 N–H and O–H groups in total. The number of ether oxygens (including phenoxy) is 1. The minimum Gasteiger partial charge on any atom is -0.449 e.